The number of carbonyl (C=O) groups is 4. The highest BCUT2D eigenvalue weighted by Gasteiger charge is 2.47. The lowest BCUT2D eigenvalue weighted by atomic mass is 10.0. The van der Waals surface area contributed by atoms with Gasteiger partial charge in [-0.1, -0.05) is 0 Å². The Bertz CT molecular complexity index is 866. The molecule has 1 aromatic carbocycles. The maximum atomic E-state index is 12.8. The van der Waals surface area contributed by atoms with Crippen molar-refractivity contribution in [1.82, 2.24) is 9.80 Å². The third-order valence-corrected chi connectivity index (χ3v) is 4.75. The minimum Gasteiger partial charge on any atom is -0.380 e. The average molecular weight is 375 g/mol. The minimum atomic E-state index is -1.13. The van der Waals surface area contributed by atoms with Gasteiger partial charge in [-0.3, -0.25) is 39.1 Å². The summed E-state index contributed by atoms with van der Waals surface area (Å²) in [7, 11) is 1.44. The first-order chi connectivity index (χ1) is 12.8. The monoisotopic (exact) mass is 375 g/mol. The van der Waals surface area contributed by atoms with Crippen molar-refractivity contribution in [3.63, 3.8) is 0 Å². The molecule has 10 heteroatoms. The molecule has 4 amide bonds. The number of benzene rings is 1. The molecular weight excluding hydrogens is 358 g/mol. The van der Waals surface area contributed by atoms with Crippen molar-refractivity contribution in [3.8, 4) is 0 Å². The van der Waals surface area contributed by atoms with E-state index in [1.165, 1.54) is 13.2 Å². The average Bonchev–Trinajstić information content (AvgIpc) is 2.89. The quantitative estimate of drug-likeness (QED) is 0.422. The van der Waals surface area contributed by atoms with Crippen molar-refractivity contribution in [3.05, 3.63) is 39.4 Å². The first-order valence-electron chi connectivity index (χ1n) is 8.29. The number of piperidine rings is 1. The van der Waals surface area contributed by atoms with E-state index in [-0.39, 0.29) is 36.2 Å². The number of non-ortho nitro benzene ring substituents is 1. The maximum absolute atomic E-state index is 12.8. The van der Waals surface area contributed by atoms with Gasteiger partial charge < -0.3 is 4.74 Å². The molecule has 0 radical (unpaired) electrons. The second kappa shape index (κ2) is 6.88. The van der Waals surface area contributed by atoms with Gasteiger partial charge in [-0.25, -0.2) is 0 Å². The van der Waals surface area contributed by atoms with E-state index in [9.17, 15) is 29.3 Å². The molecule has 1 fully saturated rings. The number of nitro groups is 1. The second-order valence-corrected chi connectivity index (χ2v) is 6.41. The number of hydrogen-bond donors (Lipinski definition) is 0. The summed E-state index contributed by atoms with van der Waals surface area (Å²) >= 11 is 0. The normalized spacial score (nSPS) is 20.9. The molecule has 142 valence electrons. The summed E-state index contributed by atoms with van der Waals surface area (Å²) in [6.07, 6.45) is -0.384. The number of amides is 4. The predicted molar refractivity (Wildman–Crippen MR) is 89.8 cm³/mol. The van der Waals surface area contributed by atoms with Crippen molar-refractivity contribution in [2.75, 3.05) is 13.7 Å². The van der Waals surface area contributed by atoms with Crippen LogP contribution in [-0.2, 0) is 14.3 Å². The fraction of sp³-hybridized carbons (Fsp3) is 0.412. The number of nitro benzene ring substituents is 1. The molecule has 0 spiro atoms. The van der Waals surface area contributed by atoms with Crippen LogP contribution in [0.1, 0.15) is 40.5 Å². The van der Waals surface area contributed by atoms with Crippen LogP contribution in [0.2, 0.25) is 0 Å². The third kappa shape index (κ3) is 3.08. The van der Waals surface area contributed by atoms with E-state index >= 15 is 0 Å². The summed E-state index contributed by atoms with van der Waals surface area (Å²) in [5, 5.41) is 10.9. The Balaban J connectivity index is 1.91. The first-order valence-corrected chi connectivity index (χ1v) is 8.29. The van der Waals surface area contributed by atoms with Crippen molar-refractivity contribution >= 4 is 29.3 Å². The Hall–Kier alpha value is -3.14. The molecule has 2 aliphatic heterocycles. The number of ether oxygens (including phenoxy) is 1. The van der Waals surface area contributed by atoms with E-state index in [0.717, 1.165) is 21.9 Å². The van der Waals surface area contributed by atoms with Gasteiger partial charge in [-0.15, -0.1) is 0 Å². The van der Waals surface area contributed by atoms with Crippen molar-refractivity contribution in [1.29, 1.82) is 0 Å². The Morgan fingerprint density at radius 1 is 1.22 bits per heavy atom. The van der Waals surface area contributed by atoms with E-state index in [0.29, 0.717) is 0 Å². The van der Waals surface area contributed by atoms with E-state index in [2.05, 4.69) is 0 Å². The molecule has 0 aromatic heterocycles. The third-order valence-electron chi connectivity index (χ3n) is 4.75. The standard InChI is InChI=1S/C17H17N3O7/c1-9(27-2)8-18-14(21)6-5-13(17(18)24)19-15(22)11-4-3-10(20(25)26)7-12(11)16(19)23/h3-4,7,9,13H,5-6,8H2,1-2H3. The van der Waals surface area contributed by atoms with Gasteiger partial charge in [0.15, 0.2) is 0 Å². The zero-order chi connectivity index (χ0) is 19.9. The highest BCUT2D eigenvalue weighted by atomic mass is 16.6. The fourth-order valence-corrected chi connectivity index (χ4v) is 3.23. The summed E-state index contributed by atoms with van der Waals surface area (Å²) in [6, 6.07) is 2.24. The van der Waals surface area contributed by atoms with Gasteiger partial charge in [0.25, 0.3) is 23.4 Å². The topological polar surface area (TPSA) is 127 Å². The number of hydrogen-bond acceptors (Lipinski definition) is 7. The van der Waals surface area contributed by atoms with Gasteiger partial charge in [-0.2, -0.15) is 0 Å². The zero-order valence-electron chi connectivity index (χ0n) is 14.7. The van der Waals surface area contributed by atoms with E-state index in [4.69, 9.17) is 4.74 Å². The molecule has 0 saturated carbocycles. The Morgan fingerprint density at radius 2 is 1.89 bits per heavy atom. The van der Waals surface area contributed by atoms with E-state index < -0.39 is 40.7 Å². The van der Waals surface area contributed by atoms with Gasteiger partial charge >= 0.3 is 0 Å². The Morgan fingerprint density at radius 3 is 2.52 bits per heavy atom. The molecule has 1 saturated heterocycles. The summed E-state index contributed by atoms with van der Waals surface area (Å²) < 4.78 is 5.08. The molecule has 10 nitrogen and oxygen atoms in total. The lowest BCUT2D eigenvalue weighted by Crippen LogP contribution is -2.57. The summed E-state index contributed by atoms with van der Waals surface area (Å²) in [5.41, 5.74) is -0.430. The summed E-state index contributed by atoms with van der Waals surface area (Å²) in [4.78, 5) is 62.3. The van der Waals surface area contributed by atoms with Crippen LogP contribution in [0, 0.1) is 10.1 Å². The molecule has 2 unspecified atom stereocenters. The number of carbonyl (C=O) groups excluding carboxylic acids is 4. The minimum absolute atomic E-state index is 0.000391. The molecular formula is C17H17N3O7. The van der Waals surface area contributed by atoms with Gasteiger partial charge in [0, 0.05) is 25.7 Å². The number of methoxy groups -OCH3 is 1. The number of imide groups is 2. The lowest BCUT2D eigenvalue weighted by Gasteiger charge is -2.35. The SMILES string of the molecule is COC(C)CN1C(=O)CCC(N2C(=O)c3ccc([N+](=O)[O-])cc3C2=O)C1=O. The van der Waals surface area contributed by atoms with Gasteiger partial charge in [0.05, 0.1) is 28.7 Å². The van der Waals surface area contributed by atoms with Crippen LogP contribution in [0.15, 0.2) is 18.2 Å². The molecule has 2 heterocycles. The van der Waals surface area contributed by atoms with Crippen molar-refractivity contribution < 1.29 is 28.8 Å². The van der Waals surface area contributed by atoms with E-state index in [1.807, 2.05) is 0 Å². The van der Waals surface area contributed by atoms with Crippen LogP contribution in [0.25, 0.3) is 0 Å². The Kier molecular flexibility index (Phi) is 4.75. The predicted octanol–water partition coefficient (Wildman–Crippen LogP) is 0.743. The molecule has 3 rings (SSSR count). The first kappa shape index (κ1) is 18.6. The maximum Gasteiger partial charge on any atom is 0.270 e. The van der Waals surface area contributed by atoms with Crippen LogP contribution in [-0.4, -0.2) is 64.2 Å². The number of rotatable bonds is 5. The highest BCUT2D eigenvalue weighted by Crippen LogP contribution is 2.31. The molecule has 0 bridgehead atoms. The van der Waals surface area contributed by atoms with E-state index in [1.54, 1.807) is 6.92 Å². The largest absolute Gasteiger partial charge is 0.380 e. The smallest absolute Gasteiger partial charge is 0.270 e. The molecule has 1 aromatic rings. The van der Waals surface area contributed by atoms with Crippen LogP contribution >= 0.6 is 0 Å². The van der Waals surface area contributed by atoms with Gasteiger partial charge in [0.2, 0.25) is 5.91 Å². The molecule has 27 heavy (non-hydrogen) atoms. The number of likely N-dealkylation sites (tertiary alicyclic amines) is 1. The van der Waals surface area contributed by atoms with Crippen LogP contribution in [0.3, 0.4) is 0 Å². The molecule has 2 atom stereocenters. The van der Waals surface area contributed by atoms with Crippen LogP contribution in [0.5, 0.6) is 0 Å². The van der Waals surface area contributed by atoms with Gasteiger partial charge in [0.1, 0.15) is 6.04 Å². The second-order valence-electron chi connectivity index (χ2n) is 6.41. The molecule has 2 aliphatic rings. The molecule has 0 aliphatic carbocycles. The summed E-state index contributed by atoms with van der Waals surface area (Å²) in [5.74, 6) is -2.52. The van der Waals surface area contributed by atoms with Crippen LogP contribution in [0.4, 0.5) is 5.69 Å². The van der Waals surface area contributed by atoms with Crippen LogP contribution < -0.4 is 0 Å². The highest BCUT2D eigenvalue weighted by molar-refractivity contribution is 6.23. The zero-order valence-corrected chi connectivity index (χ0v) is 14.7. The van der Waals surface area contributed by atoms with Crippen molar-refractivity contribution in [2.24, 2.45) is 0 Å². The van der Waals surface area contributed by atoms with Crippen molar-refractivity contribution in [2.45, 2.75) is 31.9 Å². The Labute approximate surface area is 153 Å². The number of nitrogens with zero attached hydrogens (tertiary/aromatic N) is 3. The van der Waals surface area contributed by atoms with Gasteiger partial charge in [-0.05, 0) is 19.4 Å². The molecule has 0 N–H and O–H groups in total. The fourth-order valence-electron chi connectivity index (χ4n) is 3.23. The summed E-state index contributed by atoms with van der Waals surface area (Å²) in [6.45, 7) is 1.70. The lowest BCUT2D eigenvalue weighted by molar-refractivity contribution is -0.384. The number of fused-ring (bicyclic) bond motifs is 1.